The van der Waals surface area contributed by atoms with Crippen LogP contribution in [0, 0.1) is 18.6 Å². The zero-order chi connectivity index (χ0) is 17.1. The van der Waals surface area contributed by atoms with Gasteiger partial charge in [0.05, 0.1) is 0 Å². The number of thiazole rings is 1. The molecule has 0 aliphatic rings. The number of carbonyl (C=O) groups excluding carboxylic acids is 1. The highest BCUT2D eigenvalue weighted by Crippen LogP contribution is 2.22. The average Bonchev–Trinajstić information content (AvgIpc) is 2.99. The fourth-order valence-corrected chi connectivity index (χ4v) is 3.00. The van der Waals surface area contributed by atoms with Crippen LogP contribution in [0.5, 0.6) is 0 Å². The number of aromatic nitrogens is 1. The van der Waals surface area contributed by atoms with Gasteiger partial charge in [0.2, 0.25) is 0 Å². The Morgan fingerprint density at radius 2 is 1.88 bits per heavy atom. The molecule has 0 bridgehead atoms. The van der Waals surface area contributed by atoms with Crippen molar-refractivity contribution in [1.82, 2.24) is 4.98 Å². The lowest BCUT2D eigenvalue weighted by atomic mass is 10.1. The third-order valence-electron chi connectivity index (χ3n) is 3.45. The van der Waals surface area contributed by atoms with Crippen molar-refractivity contribution >= 4 is 22.4 Å². The summed E-state index contributed by atoms with van der Waals surface area (Å²) in [6.07, 6.45) is 2.42. The van der Waals surface area contributed by atoms with E-state index in [4.69, 9.17) is 0 Å². The van der Waals surface area contributed by atoms with E-state index in [0.29, 0.717) is 5.13 Å². The van der Waals surface area contributed by atoms with Gasteiger partial charge in [-0.15, -0.1) is 11.3 Å². The molecule has 0 spiro atoms. The Morgan fingerprint density at radius 3 is 2.58 bits per heavy atom. The fraction of sp³-hybridized carbons (Fsp3) is 0.111. The van der Waals surface area contributed by atoms with E-state index in [1.807, 2.05) is 19.1 Å². The Balaban J connectivity index is 1.68. The van der Waals surface area contributed by atoms with Crippen molar-refractivity contribution in [3.05, 3.63) is 81.9 Å². The van der Waals surface area contributed by atoms with Gasteiger partial charge >= 0.3 is 0 Å². The van der Waals surface area contributed by atoms with Crippen molar-refractivity contribution < 1.29 is 13.6 Å². The summed E-state index contributed by atoms with van der Waals surface area (Å²) < 4.78 is 26.1. The van der Waals surface area contributed by atoms with Gasteiger partial charge in [0.1, 0.15) is 0 Å². The topological polar surface area (TPSA) is 42.0 Å². The van der Waals surface area contributed by atoms with Crippen molar-refractivity contribution in [2.24, 2.45) is 0 Å². The van der Waals surface area contributed by atoms with Gasteiger partial charge in [-0.3, -0.25) is 10.1 Å². The number of halogens is 2. The van der Waals surface area contributed by atoms with Crippen molar-refractivity contribution in [3.8, 4) is 0 Å². The summed E-state index contributed by atoms with van der Waals surface area (Å²) in [6.45, 7) is 2.03. The standard InChI is InChI=1S/C18H14F2N2OS/c1-11-2-4-12(5-3-11)8-14-10-21-18(24-14)22-17(23)13-6-7-15(19)16(20)9-13/h2-7,9-10H,8H2,1H3,(H,21,22,23). The number of aryl methyl sites for hydroxylation is 1. The summed E-state index contributed by atoms with van der Waals surface area (Å²) in [7, 11) is 0. The largest absolute Gasteiger partial charge is 0.298 e. The molecule has 0 unspecified atom stereocenters. The molecule has 1 aromatic heterocycles. The number of nitrogens with one attached hydrogen (secondary N) is 1. The number of benzene rings is 2. The van der Waals surface area contributed by atoms with Gasteiger partial charge in [-0.2, -0.15) is 0 Å². The third kappa shape index (κ3) is 3.83. The quantitative estimate of drug-likeness (QED) is 0.753. The molecule has 0 aliphatic heterocycles. The Labute approximate surface area is 142 Å². The Kier molecular flexibility index (Phi) is 4.66. The highest BCUT2D eigenvalue weighted by Gasteiger charge is 2.12. The minimum Gasteiger partial charge on any atom is -0.298 e. The molecular formula is C18H14F2N2OS. The highest BCUT2D eigenvalue weighted by atomic mass is 32.1. The predicted octanol–water partition coefficient (Wildman–Crippen LogP) is 4.57. The maximum atomic E-state index is 13.2. The van der Waals surface area contributed by atoms with Gasteiger partial charge in [0, 0.05) is 23.1 Å². The number of hydrogen-bond donors (Lipinski definition) is 1. The van der Waals surface area contributed by atoms with Crippen LogP contribution in [0.1, 0.15) is 26.4 Å². The van der Waals surface area contributed by atoms with Gasteiger partial charge in [-0.1, -0.05) is 29.8 Å². The SMILES string of the molecule is Cc1ccc(Cc2cnc(NC(=O)c3ccc(F)c(F)c3)s2)cc1. The minimum absolute atomic E-state index is 0.0455. The molecule has 1 heterocycles. The molecular weight excluding hydrogens is 330 g/mol. The number of carbonyl (C=O) groups is 1. The van der Waals surface area contributed by atoms with Crippen LogP contribution in [0.2, 0.25) is 0 Å². The third-order valence-corrected chi connectivity index (χ3v) is 4.37. The van der Waals surface area contributed by atoms with Crippen LogP contribution >= 0.6 is 11.3 Å². The van der Waals surface area contributed by atoms with Crippen molar-refractivity contribution in [2.75, 3.05) is 5.32 Å². The summed E-state index contributed by atoms with van der Waals surface area (Å²) >= 11 is 1.35. The molecule has 0 saturated heterocycles. The number of nitrogens with zero attached hydrogens (tertiary/aromatic N) is 1. The second-order valence-electron chi connectivity index (χ2n) is 5.38. The molecule has 0 aliphatic carbocycles. The zero-order valence-corrected chi connectivity index (χ0v) is 13.7. The van der Waals surface area contributed by atoms with Crippen LogP contribution in [0.4, 0.5) is 13.9 Å². The van der Waals surface area contributed by atoms with E-state index in [-0.39, 0.29) is 5.56 Å². The summed E-state index contributed by atoms with van der Waals surface area (Å²) in [6, 6.07) is 11.2. The van der Waals surface area contributed by atoms with E-state index in [9.17, 15) is 13.6 Å². The second-order valence-corrected chi connectivity index (χ2v) is 6.49. The van der Waals surface area contributed by atoms with E-state index >= 15 is 0 Å². The van der Waals surface area contributed by atoms with E-state index in [0.717, 1.165) is 29.0 Å². The first-order valence-electron chi connectivity index (χ1n) is 7.28. The molecule has 3 nitrogen and oxygen atoms in total. The van der Waals surface area contributed by atoms with Crippen molar-refractivity contribution in [2.45, 2.75) is 13.3 Å². The lowest BCUT2D eigenvalue weighted by Crippen LogP contribution is -2.12. The van der Waals surface area contributed by atoms with Gasteiger partial charge in [-0.25, -0.2) is 13.8 Å². The van der Waals surface area contributed by atoms with Gasteiger partial charge < -0.3 is 0 Å². The maximum absolute atomic E-state index is 13.2. The smallest absolute Gasteiger partial charge is 0.257 e. The van der Waals surface area contributed by atoms with Gasteiger partial charge in [0.15, 0.2) is 16.8 Å². The number of hydrogen-bond acceptors (Lipinski definition) is 3. The lowest BCUT2D eigenvalue weighted by molar-refractivity contribution is 0.102. The summed E-state index contributed by atoms with van der Waals surface area (Å²) in [5.41, 5.74) is 2.40. The number of anilines is 1. The number of rotatable bonds is 4. The molecule has 3 aromatic rings. The summed E-state index contributed by atoms with van der Waals surface area (Å²) in [5.74, 6) is -2.56. The summed E-state index contributed by atoms with van der Waals surface area (Å²) in [4.78, 5) is 17.2. The lowest BCUT2D eigenvalue weighted by Gasteiger charge is -2.02. The fourth-order valence-electron chi connectivity index (χ4n) is 2.16. The van der Waals surface area contributed by atoms with E-state index in [1.54, 1.807) is 6.20 Å². The maximum Gasteiger partial charge on any atom is 0.257 e. The Bertz CT molecular complexity index is 875. The van der Waals surface area contributed by atoms with E-state index < -0.39 is 17.5 Å². The molecule has 122 valence electrons. The van der Waals surface area contributed by atoms with Crippen LogP contribution in [-0.2, 0) is 6.42 Å². The molecule has 2 aromatic carbocycles. The monoisotopic (exact) mass is 344 g/mol. The predicted molar refractivity (Wildman–Crippen MR) is 90.4 cm³/mol. The molecule has 0 radical (unpaired) electrons. The second kappa shape index (κ2) is 6.88. The molecule has 0 atom stereocenters. The molecule has 0 saturated carbocycles. The van der Waals surface area contributed by atoms with E-state index in [1.165, 1.54) is 23.0 Å². The molecule has 1 N–H and O–H groups in total. The van der Waals surface area contributed by atoms with Crippen LogP contribution < -0.4 is 5.32 Å². The molecule has 24 heavy (non-hydrogen) atoms. The Hall–Kier alpha value is -2.60. The molecule has 0 fully saturated rings. The first-order valence-corrected chi connectivity index (χ1v) is 8.09. The summed E-state index contributed by atoms with van der Waals surface area (Å²) in [5, 5.41) is 3.02. The minimum atomic E-state index is -1.05. The molecule has 3 rings (SSSR count). The van der Waals surface area contributed by atoms with Gasteiger partial charge in [0.25, 0.3) is 5.91 Å². The van der Waals surface area contributed by atoms with E-state index in [2.05, 4.69) is 22.4 Å². The van der Waals surface area contributed by atoms with Gasteiger partial charge in [-0.05, 0) is 30.7 Å². The van der Waals surface area contributed by atoms with Crippen molar-refractivity contribution in [1.29, 1.82) is 0 Å². The molecule has 1 amide bonds. The first-order chi connectivity index (χ1) is 11.5. The highest BCUT2D eigenvalue weighted by molar-refractivity contribution is 7.15. The molecule has 6 heteroatoms. The Morgan fingerprint density at radius 1 is 1.12 bits per heavy atom. The van der Waals surface area contributed by atoms with Crippen LogP contribution in [0.25, 0.3) is 0 Å². The normalized spacial score (nSPS) is 10.6. The van der Waals surface area contributed by atoms with Crippen molar-refractivity contribution in [3.63, 3.8) is 0 Å². The van der Waals surface area contributed by atoms with Crippen LogP contribution in [0.3, 0.4) is 0 Å². The average molecular weight is 344 g/mol. The zero-order valence-electron chi connectivity index (χ0n) is 12.8. The first kappa shape index (κ1) is 16.3. The van der Waals surface area contributed by atoms with Crippen LogP contribution in [0.15, 0.2) is 48.7 Å². The van der Waals surface area contributed by atoms with Crippen LogP contribution in [-0.4, -0.2) is 10.9 Å². The number of amides is 1.